The first-order valence-electron chi connectivity index (χ1n) is 11.9. The lowest BCUT2D eigenvalue weighted by atomic mass is 9.98. The van der Waals surface area contributed by atoms with Gasteiger partial charge in [0.2, 0.25) is 5.91 Å². The van der Waals surface area contributed by atoms with E-state index in [0.717, 1.165) is 29.8 Å². The summed E-state index contributed by atoms with van der Waals surface area (Å²) >= 11 is 0. The van der Waals surface area contributed by atoms with Crippen molar-refractivity contribution in [3.8, 4) is 16.9 Å². The van der Waals surface area contributed by atoms with E-state index in [1.54, 1.807) is 7.11 Å². The molecule has 0 aliphatic heterocycles. The normalized spacial score (nSPS) is 18.9. The van der Waals surface area contributed by atoms with Crippen LogP contribution < -0.4 is 15.4 Å². The molecule has 0 aromatic heterocycles. The maximum absolute atomic E-state index is 13.7. The summed E-state index contributed by atoms with van der Waals surface area (Å²) < 4.78 is 5.27. The molecule has 4 atom stereocenters. The third kappa shape index (κ3) is 5.28. The Bertz CT molecular complexity index is 1050. The standard InChI is InChI=1S/C29H34N2O2/c1-4-20(2)28(30)19-31(24-14-10-22(11-15-24)21-8-6-5-7-9-21)29(32)27-18-26(27)23-12-16-25(33-3)17-13-23/h5-17,20,26-28H,4,18-19,30H2,1-3H3/t20-,26-,27+,28+/m0/s1. The molecule has 3 aromatic rings. The Hall–Kier alpha value is -3.11. The second-order valence-electron chi connectivity index (χ2n) is 9.13. The van der Waals surface area contributed by atoms with Crippen molar-refractivity contribution in [1.29, 1.82) is 0 Å². The van der Waals surface area contributed by atoms with Crippen molar-refractivity contribution in [3.05, 3.63) is 84.4 Å². The van der Waals surface area contributed by atoms with Crippen LogP contribution in [0.1, 0.15) is 38.2 Å². The van der Waals surface area contributed by atoms with Gasteiger partial charge < -0.3 is 15.4 Å². The molecule has 4 rings (SSSR count). The summed E-state index contributed by atoms with van der Waals surface area (Å²) in [6, 6.07) is 26.6. The van der Waals surface area contributed by atoms with Gasteiger partial charge in [0.25, 0.3) is 0 Å². The van der Waals surface area contributed by atoms with Crippen molar-refractivity contribution in [3.63, 3.8) is 0 Å². The summed E-state index contributed by atoms with van der Waals surface area (Å²) in [6.45, 7) is 4.83. The second-order valence-corrected chi connectivity index (χ2v) is 9.13. The Morgan fingerprint density at radius 1 is 1.00 bits per heavy atom. The largest absolute Gasteiger partial charge is 0.497 e. The van der Waals surface area contributed by atoms with Gasteiger partial charge in [-0.25, -0.2) is 0 Å². The molecule has 1 amide bonds. The predicted molar refractivity (Wildman–Crippen MR) is 136 cm³/mol. The van der Waals surface area contributed by atoms with Gasteiger partial charge in [-0.05, 0) is 59.2 Å². The van der Waals surface area contributed by atoms with Crippen LogP contribution >= 0.6 is 0 Å². The van der Waals surface area contributed by atoms with Crippen LogP contribution in [0.15, 0.2) is 78.9 Å². The molecule has 172 valence electrons. The third-order valence-corrected chi connectivity index (χ3v) is 6.97. The zero-order valence-corrected chi connectivity index (χ0v) is 19.8. The highest BCUT2D eigenvalue weighted by Gasteiger charge is 2.46. The van der Waals surface area contributed by atoms with E-state index in [9.17, 15) is 4.79 Å². The molecule has 0 heterocycles. The number of nitrogens with two attached hydrogens (primary N) is 1. The Morgan fingerprint density at radius 2 is 1.64 bits per heavy atom. The first-order chi connectivity index (χ1) is 16.0. The molecule has 0 saturated heterocycles. The zero-order valence-electron chi connectivity index (χ0n) is 19.8. The summed E-state index contributed by atoms with van der Waals surface area (Å²) in [7, 11) is 1.67. The molecule has 1 aliphatic rings. The van der Waals surface area contributed by atoms with Gasteiger partial charge in [-0.15, -0.1) is 0 Å². The minimum Gasteiger partial charge on any atom is -0.497 e. The zero-order chi connectivity index (χ0) is 23.4. The topological polar surface area (TPSA) is 55.6 Å². The van der Waals surface area contributed by atoms with Gasteiger partial charge in [0, 0.05) is 24.2 Å². The molecule has 2 N–H and O–H groups in total. The van der Waals surface area contributed by atoms with Crippen LogP contribution in [0, 0.1) is 11.8 Å². The average molecular weight is 443 g/mol. The molecule has 1 aliphatic carbocycles. The molecule has 0 bridgehead atoms. The second kappa shape index (κ2) is 10.2. The fourth-order valence-electron chi connectivity index (χ4n) is 4.37. The fourth-order valence-corrected chi connectivity index (χ4v) is 4.37. The molecule has 4 nitrogen and oxygen atoms in total. The van der Waals surface area contributed by atoms with Crippen molar-refractivity contribution in [2.45, 2.75) is 38.6 Å². The van der Waals surface area contributed by atoms with Gasteiger partial charge in [-0.1, -0.05) is 74.9 Å². The number of amides is 1. The van der Waals surface area contributed by atoms with Crippen LogP contribution in [0.2, 0.25) is 0 Å². The summed E-state index contributed by atoms with van der Waals surface area (Å²) in [6.07, 6.45) is 1.87. The number of benzene rings is 3. The van der Waals surface area contributed by atoms with Gasteiger partial charge in [0.05, 0.1) is 7.11 Å². The van der Waals surface area contributed by atoms with E-state index in [1.807, 2.05) is 47.4 Å². The van der Waals surface area contributed by atoms with E-state index in [2.05, 4.69) is 50.2 Å². The van der Waals surface area contributed by atoms with E-state index in [0.29, 0.717) is 12.5 Å². The number of carbonyl (C=O) groups is 1. The molecule has 1 fully saturated rings. The number of carbonyl (C=O) groups excluding carboxylic acids is 1. The Balaban J connectivity index is 1.55. The summed E-state index contributed by atoms with van der Waals surface area (Å²) in [4.78, 5) is 15.6. The Labute approximate surface area is 197 Å². The molecule has 1 saturated carbocycles. The third-order valence-electron chi connectivity index (χ3n) is 6.97. The number of hydrogen-bond donors (Lipinski definition) is 1. The first-order valence-corrected chi connectivity index (χ1v) is 11.9. The molecular weight excluding hydrogens is 408 g/mol. The minimum absolute atomic E-state index is 0.00340. The van der Waals surface area contributed by atoms with Gasteiger partial charge in [0.1, 0.15) is 5.75 Å². The van der Waals surface area contributed by atoms with E-state index in [1.165, 1.54) is 11.1 Å². The van der Waals surface area contributed by atoms with Crippen molar-refractivity contribution in [1.82, 2.24) is 0 Å². The van der Waals surface area contributed by atoms with Gasteiger partial charge in [-0.3, -0.25) is 4.79 Å². The Morgan fingerprint density at radius 3 is 2.24 bits per heavy atom. The number of hydrogen-bond acceptors (Lipinski definition) is 3. The Kier molecular flexibility index (Phi) is 7.14. The smallest absolute Gasteiger partial charge is 0.230 e. The van der Waals surface area contributed by atoms with Crippen LogP contribution in [0.3, 0.4) is 0 Å². The molecule has 3 aromatic carbocycles. The quantitative estimate of drug-likeness (QED) is 0.451. The monoisotopic (exact) mass is 442 g/mol. The maximum Gasteiger partial charge on any atom is 0.230 e. The van der Waals surface area contributed by atoms with Gasteiger partial charge >= 0.3 is 0 Å². The van der Waals surface area contributed by atoms with E-state index in [4.69, 9.17) is 10.5 Å². The highest BCUT2D eigenvalue weighted by atomic mass is 16.5. The number of ether oxygens (including phenoxy) is 1. The lowest BCUT2D eigenvalue weighted by molar-refractivity contribution is -0.120. The highest BCUT2D eigenvalue weighted by Crippen LogP contribution is 2.49. The molecule has 0 radical (unpaired) electrons. The number of nitrogens with zero attached hydrogens (tertiary/aromatic N) is 1. The summed E-state index contributed by atoms with van der Waals surface area (Å²) in [5, 5.41) is 0. The van der Waals surface area contributed by atoms with Gasteiger partial charge in [-0.2, -0.15) is 0 Å². The highest BCUT2D eigenvalue weighted by molar-refractivity contribution is 5.97. The van der Waals surface area contributed by atoms with Crippen molar-refractivity contribution < 1.29 is 9.53 Å². The predicted octanol–water partition coefficient (Wildman–Crippen LogP) is 5.87. The molecule has 0 spiro atoms. The van der Waals surface area contributed by atoms with Crippen LogP contribution in [0.4, 0.5) is 5.69 Å². The van der Waals surface area contributed by atoms with Crippen molar-refractivity contribution >= 4 is 11.6 Å². The molecule has 4 heteroatoms. The first kappa shape index (κ1) is 23.1. The van der Waals surface area contributed by atoms with E-state index in [-0.39, 0.29) is 23.8 Å². The van der Waals surface area contributed by atoms with Crippen LogP contribution in [0.25, 0.3) is 11.1 Å². The number of rotatable bonds is 9. The summed E-state index contributed by atoms with van der Waals surface area (Å²) in [5.41, 5.74) is 10.9. The van der Waals surface area contributed by atoms with Crippen molar-refractivity contribution in [2.24, 2.45) is 17.6 Å². The molecule has 0 unspecified atom stereocenters. The minimum atomic E-state index is -0.0639. The SMILES string of the molecule is CC[C@H](C)[C@H](N)CN(C(=O)[C@@H]1C[C@H]1c1ccc(OC)cc1)c1ccc(-c2ccccc2)cc1. The maximum atomic E-state index is 13.7. The van der Waals surface area contributed by atoms with Gasteiger partial charge in [0.15, 0.2) is 0 Å². The summed E-state index contributed by atoms with van der Waals surface area (Å²) in [5.74, 6) is 1.61. The van der Waals surface area contributed by atoms with Crippen LogP contribution in [-0.2, 0) is 4.79 Å². The lowest BCUT2D eigenvalue weighted by Crippen LogP contribution is -2.45. The number of anilines is 1. The van der Waals surface area contributed by atoms with Crippen LogP contribution in [-0.4, -0.2) is 25.6 Å². The average Bonchev–Trinajstić information content (AvgIpc) is 3.68. The van der Waals surface area contributed by atoms with E-state index < -0.39 is 0 Å². The number of methoxy groups -OCH3 is 1. The van der Waals surface area contributed by atoms with E-state index >= 15 is 0 Å². The molecule has 33 heavy (non-hydrogen) atoms. The lowest BCUT2D eigenvalue weighted by Gasteiger charge is -2.29. The van der Waals surface area contributed by atoms with Crippen LogP contribution in [0.5, 0.6) is 5.75 Å². The fraction of sp³-hybridized carbons (Fsp3) is 0.345. The van der Waals surface area contributed by atoms with Crippen molar-refractivity contribution in [2.75, 3.05) is 18.6 Å². The molecular formula is C29H34N2O2.